The highest BCUT2D eigenvalue weighted by Gasteiger charge is 2.12. The smallest absolute Gasteiger partial charge is 0.226 e. The Labute approximate surface area is 127 Å². The van der Waals surface area contributed by atoms with Gasteiger partial charge < -0.3 is 9.88 Å². The quantitative estimate of drug-likeness (QED) is 0.777. The zero-order chi connectivity index (χ0) is 15.4. The summed E-state index contributed by atoms with van der Waals surface area (Å²) >= 11 is 0. The van der Waals surface area contributed by atoms with Crippen molar-refractivity contribution in [1.29, 1.82) is 0 Å². The number of carbonyl (C=O) groups excluding carboxylic acids is 1. The molecule has 7 nitrogen and oxygen atoms in total. The summed E-state index contributed by atoms with van der Waals surface area (Å²) < 4.78 is 1.97. The van der Waals surface area contributed by atoms with E-state index in [4.69, 9.17) is 0 Å². The lowest BCUT2D eigenvalue weighted by atomic mass is 10.1. The molecule has 0 bridgehead atoms. The lowest BCUT2D eigenvalue weighted by Crippen LogP contribution is -2.14. The van der Waals surface area contributed by atoms with Gasteiger partial charge in [-0.05, 0) is 29.5 Å². The minimum atomic E-state index is -0.0509. The van der Waals surface area contributed by atoms with E-state index in [1.807, 2.05) is 53.4 Å². The van der Waals surface area contributed by atoms with E-state index in [0.29, 0.717) is 24.5 Å². The number of nitrogens with zero attached hydrogens (tertiary/aromatic N) is 5. The van der Waals surface area contributed by atoms with Crippen LogP contribution in [0.1, 0.15) is 6.42 Å². The zero-order valence-corrected chi connectivity index (χ0v) is 12.2. The van der Waals surface area contributed by atoms with E-state index in [9.17, 15) is 4.79 Å². The summed E-state index contributed by atoms with van der Waals surface area (Å²) in [7, 11) is 1.70. The first-order chi connectivity index (χ1) is 10.7. The Hall–Kier alpha value is -2.96. The topological polar surface area (TPSA) is 77.6 Å². The second-order valence-electron chi connectivity index (χ2n) is 4.87. The van der Waals surface area contributed by atoms with Gasteiger partial charge in [-0.1, -0.05) is 12.1 Å². The molecule has 0 unspecified atom stereocenters. The van der Waals surface area contributed by atoms with Gasteiger partial charge in [0.2, 0.25) is 11.7 Å². The van der Waals surface area contributed by atoms with Crippen molar-refractivity contribution in [1.82, 2.24) is 24.8 Å². The predicted octanol–water partition coefficient (Wildman–Crippen LogP) is 1.71. The molecule has 1 N–H and O–H groups in total. The third-order valence-electron chi connectivity index (χ3n) is 3.21. The molecule has 3 aromatic rings. The molecular weight excluding hydrogens is 280 g/mol. The number of carbonyl (C=O) groups is 1. The number of hydrogen-bond donors (Lipinski definition) is 1. The highest BCUT2D eigenvalue weighted by Crippen LogP contribution is 2.24. The van der Waals surface area contributed by atoms with Gasteiger partial charge in [-0.2, -0.15) is 4.80 Å². The Morgan fingerprint density at radius 1 is 1.18 bits per heavy atom. The van der Waals surface area contributed by atoms with Crippen molar-refractivity contribution in [3.05, 3.63) is 48.8 Å². The van der Waals surface area contributed by atoms with Crippen LogP contribution >= 0.6 is 0 Å². The van der Waals surface area contributed by atoms with E-state index in [1.165, 1.54) is 4.80 Å². The van der Waals surface area contributed by atoms with Crippen molar-refractivity contribution in [3.63, 3.8) is 0 Å². The summed E-state index contributed by atoms with van der Waals surface area (Å²) in [6.45, 7) is 0.643. The number of para-hydroxylation sites is 1. The Bertz CT molecular complexity index is 762. The number of anilines is 1. The van der Waals surface area contributed by atoms with Gasteiger partial charge in [-0.3, -0.25) is 4.79 Å². The molecule has 3 rings (SSSR count). The van der Waals surface area contributed by atoms with Crippen LogP contribution in [-0.2, 0) is 18.4 Å². The summed E-state index contributed by atoms with van der Waals surface area (Å²) in [5.74, 6) is 0.439. The normalized spacial score (nSPS) is 10.6. The highest BCUT2D eigenvalue weighted by atomic mass is 16.1. The largest absolute Gasteiger partial charge is 0.354 e. The van der Waals surface area contributed by atoms with Crippen LogP contribution in [0.25, 0.3) is 11.4 Å². The molecule has 2 aromatic heterocycles. The van der Waals surface area contributed by atoms with Crippen LogP contribution in [-0.4, -0.2) is 30.7 Å². The van der Waals surface area contributed by atoms with Crippen LogP contribution in [0.2, 0.25) is 0 Å². The predicted molar refractivity (Wildman–Crippen MR) is 81.9 cm³/mol. The summed E-state index contributed by atoms with van der Waals surface area (Å²) in [4.78, 5) is 13.5. The van der Waals surface area contributed by atoms with E-state index in [2.05, 4.69) is 20.7 Å². The molecule has 7 heteroatoms. The van der Waals surface area contributed by atoms with Crippen molar-refractivity contribution in [3.8, 4) is 11.4 Å². The van der Waals surface area contributed by atoms with Crippen molar-refractivity contribution in [2.24, 2.45) is 7.05 Å². The van der Waals surface area contributed by atoms with Gasteiger partial charge in [0.25, 0.3) is 0 Å². The Kier molecular flexibility index (Phi) is 3.95. The number of aryl methyl sites for hydroxylation is 2. The number of aromatic nitrogens is 5. The molecule has 0 spiro atoms. The zero-order valence-electron chi connectivity index (χ0n) is 12.2. The van der Waals surface area contributed by atoms with Crippen molar-refractivity contribution in [2.75, 3.05) is 5.32 Å². The third kappa shape index (κ3) is 3.20. The molecule has 0 atom stereocenters. The molecule has 0 fully saturated rings. The fourth-order valence-electron chi connectivity index (χ4n) is 2.14. The van der Waals surface area contributed by atoms with E-state index < -0.39 is 0 Å². The fourth-order valence-corrected chi connectivity index (χ4v) is 2.14. The standard InChI is InChI=1S/C15H16N6O/c1-20-18-15(17-19-20)12-6-2-3-7-13(12)16-14(22)8-11-21-9-4-5-10-21/h2-7,9-10H,8,11H2,1H3,(H,16,22). The molecule has 0 aliphatic heterocycles. The first-order valence-electron chi connectivity index (χ1n) is 6.96. The van der Waals surface area contributed by atoms with Crippen molar-refractivity contribution in [2.45, 2.75) is 13.0 Å². The molecule has 1 amide bonds. The molecule has 0 radical (unpaired) electrons. The highest BCUT2D eigenvalue weighted by molar-refractivity contribution is 5.94. The van der Waals surface area contributed by atoms with Crippen molar-refractivity contribution < 1.29 is 4.79 Å². The van der Waals surface area contributed by atoms with Crippen LogP contribution in [0, 0.1) is 0 Å². The van der Waals surface area contributed by atoms with Gasteiger partial charge in [0.05, 0.1) is 12.7 Å². The number of benzene rings is 1. The first kappa shape index (κ1) is 14.0. The van der Waals surface area contributed by atoms with E-state index in [0.717, 1.165) is 5.56 Å². The minimum absolute atomic E-state index is 0.0509. The lowest BCUT2D eigenvalue weighted by Gasteiger charge is -2.09. The van der Waals surface area contributed by atoms with Gasteiger partial charge in [0.1, 0.15) is 0 Å². The number of tetrazole rings is 1. The van der Waals surface area contributed by atoms with Gasteiger partial charge in [0, 0.05) is 30.9 Å². The molecule has 1 aromatic carbocycles. The van der Waals surface area contributed by atoms with Crippen LogP contribution in [0.15, 0.2) is 48.8 Å². The molecule has 0 aliphatic carbocycles. The summed E-state index contributed by atoms with van der Waals surface area (Å²) in [6.07, 6.45) is 4.27. The van der Waals surface area contributed by atoms with Crippen LogP contribution in [0.3, 0.4) is 0 Å². The van der Waals surface area contributed by atoms with Crippen LogP contribution < -0.4 is 5.32 Å². The SMILES string of the molecule is Cn1nnc(-c2ccccc2NC(=O)CCn2cccc2)n1. The maximum Gasteiger partial charge on any atom is 0.226 e. The van der Waals surface area contributed by atoms with Gasteiger partial charge in [-0.25, -0.2) is 0 Å². The Balaban J connectivity index is 1.71. The fraction of sp³-hybridized carbons (Fsp3) is 0.200. The maximum atomic E-state index is 12.1. The van der Waals surface area contributed by atoms with Crippen LogP contribution in [0.5, 0.6) is 0 Å². The summed E-state index contributed by atoms with van der Waals surface area (Å²) in [6, 6.07) is 11.3. The van der Waals surface area contributed by atoms with Crippen LogP contribution in [0.4, 0.5) is 5.69 Å². The molecule has 0 saturated heterocycles. The Morgan fingerprint density at radius 3 is 2.68 bits per heavy atom. The van der Waals surface area contributed by atoms with Gasteiger partial charge in [0.15, 0.2) is 0 Å². The first-order valence-corrected chi connectivity index (χ1v) is 6.96. The average molecular weight is 296 g/mol. The van der Waals surface area contributed by atoms with E-state index in [1.54, 1.807) is 7.05 Å². The Morgan fingerprint density at radius 2 is 1.95 bits per heavy atom. The third-order valence-corrected chi connectivity index (χ3v) is 3.21. The molecular formula is C15H16N6O. The summed E-state index contributed by atoms with van der Waals surface area (Å²) in [5.41, 5.74) is 1.44. The second kappa shape index (κ2) is 6.21. The molecule has 0 saturated carbocycles. The number of rotatable bonds is 5. The summed E-state index contributed by atoms with van der Waals surface area (Å²) in [5, 5.41) is 14.9. The minimum Gasteiger partial charge on any atom is -0.354 e. The number of amides is 1. The van der Waals surface area contributed by atoms with Crippen molar-refractivity contribution >= 4 is 11.6 Å². The number of hydrogen-bond acceptors (Lipinski definition) is 4. The van der Waals surface area contributed by atoms with E-state index >= 15 is 0 Å². The lowest BCUT2D eigenvalue weighted by molar-refractivity contribution is -0.116. The molecule has 2 heterocycles. The second-order valence-corrected chi connectivity index (χ2v) is 4.87. The van der Waals surface area contributed by atoms with Gasteiger partial charge in [-0.15, -0.1) is 10.2 Å². The molecule has 112 valence electrons. The maximum absolute atomic E-state index is 12.1. The average Bonchev–Trinajstić information content (AvgIpc) is 3.17. The number of nitrogens with one attached hydrogen (secondary N) is 1. The molecule has 22 heavy (non-hydrogen) atoms. The van der Waals surface area contributed by atoms with E-state index in [-0.39, 0.29) is 5.91 Å². The molecule has 0 aliphatic rings. The monoisotopic (exact) mass is 296 g/mol. The van der Waals surface area contributed by atoms with Gasteiger partial charge >= 0.3 is 0 Å².